The standard InChI is InChI=1S/C12H13Cl2N3/c1-9-12(14)8-16-17(9)7-6-15-11-4-2-10(13)3-5-11/h2-5,8,15H,6-7H2,1H3. The van der Waals surface area contributed by atoms with Crippen molar-refractivity contribution in [2.45, 2.75) is 13.5 Å². The zero-order valence-corrected chi connectivity index (χ0v) is 11.0. The highest BCUT2D eigenvalue weighted by atomic mass is 35.5. The van der Waals surface area contributed by atoms with Crippen molar-refractivity contribution in [3.63, 3.8) is 0 Å². The molecule has 5 heteroatoms. The summed E-state index contributed by atoms with van der Waals surface area (Å²) in [5.41, 5.74) is 2.04. The lowest BCUT2D eigenvalue weighted by molar-refractivity contribution is 0.620. The third-order valence-electron chi connectivity index (χ3n) is 2.54. The van der Waals surface area contributed by atoms with Crippen LogP contribution in [0.15, 0.2) is 30.5 Å². The molecule has 0 aliphatic carbocycles. The fourth-order valence-corrected chi connectivity index (χ4v) is 1.79. The van der Waals surface area contributed by atoms with Gasteiger partial charge in [0.25, 0.3) is 0 Å². The second-order valence-corrected chi connectivity index (χ2v) is 4.58. The molecule has 0 radical (unpaired) electrons. The van der Waals surface area contributed by atoms with Crippen LogP contribution in [-0.2, 0) is 6.54 Å². The molecule has 0 aliphatic rings. The summed E-state index contributed by atoms with van der Waals surface area (Å²) in [5, 5.41) is 8.92. The van der Waals surface area contributed by atoms with Crippen molar-refractivity contribution < 1.29 is 0 Å². The Hall–Kier alpha value is -1.19. The normalized spacial score (nSPS) is 10.5. The molecule has 0 bridgehead atoms. The Balaban J connectivity index is 1.87. The van der Waals surface area contributed by atoms with Gasteiger partial charge in [-0.3, -0.25) is 4.68 Å². The van der Waals surface area contributed by atoms with Gasteiger partial charge in [0, 0.05) is 17.3 Å². The molecule has 90 valence electrons. The van der Waals surface area contributed by atoms with E-state index in [1.807, 2.05) is 35.9 Å². The van der Waals surface area contributed by atoms with Gasteiger partial charge in [0.15, 0.2) is 0 Å². The number of benzene rings is 1. The molecule has 1 aromatic carbocycles. The van der Waals surface area contributed by atoms with Gasteiger partial charge in [-0.1, -0.05) is 23.2 Å². The van der Waals surface area contributed by atoms with Crippen LogP contribution < -0.4 is 5.32 Å². The zero-order chi connectivity index (χ0) is 12.3. The molecule has 1 heterocycles. The van der Waals surface area contributed by atoms with E-state index in [-0.39, 0.29) is 0 Å². The van der Waals surface area contributed by atoms with Crippen molar-refractivity contribution in [3.05, 3.63) is 46.2 Å². The van der Waals surface area contributed by atoms with Crippen LogP contribution in [0.3, 0.4) is 0 Å². The number of hydrogen-bond acceptors (Lipinski definition) is 2. The van der Waals surface area contributed by atoms with Crippen molar-refractivity contribution >= 4 is 28.9 Å². The monoisotopic (exact) mass is 269 g/mol. The van der Waals surface area contributed by atoms with Gasteiger partial charge in [-0.25, -0.2) is 0 Å². The van der Waals surface area contributed by atoms with Crippen LogP contribution in [0.4, 0.5) is 5.69 Å². The first kappa shape index (κ1) is 12.3. The number of hydrogen-bond donors (Lipinski definition) is 1. The van der Waals surface area contributed by atoms with Gasteiger partial charge < -0.3 is 5.32 Å². The topological polar surface area (TPSA) is 29.9 Å². The highest BCUT2D eigenvalue weighted by Gasteiger charge is 2.02. The Morgan fingerprint density at radius 2 is 1.94 bits per heavy atom. The summed E-state index contributed by atoms with van der Waals surface area (Å²) in [6, 6.07) is 7.62. The number of anilines is 1. The second kappa shape index (κ2) is 5.43. The lowest BCUT2D eigenvalue weighted by atomic mass is 10.3. The summed E-state index contributed by atoms with van der Waals surface area (Å²) < 4.78 is 1.88. The molecule has 2 rings (SSSR count). The fraction of sp³-hybridized carbons (Fsp3) is 0.250. The predicted molar refractivity (Wildman–Crippen MR) is 71.9 cm³/mol. The molecule has 3 nitrogen and oxygen atoms in total. The average Bonchev–Trinajstić information content (AvgIpc) is 2.64. The largest absolute Gasteiger partial charge is 0.383 e. The first-order valence-electron chi connectivity index (χ1n) is 5.34. The fourth-order valence-electron chi connectivity index (χ4n) is 1.52. The van der Waals surface area contributed by atoms with E-state index < -0.39 is 0 Å². The van der Waals surface area contributed by atoms with Crippen LogP contribution in [0.1, 0.15) is 5.69 Å². The molecule has 0 spiro atoms. The Kier molecular flexibility index (Phi) is 3.92. The molecular weight excluding hydrogens is 257 g/mol. The van der Waals surface area contributed by atoms with Gasteiger partial charge >= 0.3 is 0 Å². The van der Waals surface area contributed by atoms with Gasteiger partial charge in [0.2, 0.25) is 0 Å². The summed E-state index contributed by atoms with van der Waals surface area (Å²) in [6.45, 7) is 3.53. The van der Waals surface area contributed by atoms with Crippen LogP contribution in [0.2, 0.25) is 10.0 Å². The number of rotatable bonds is 4. The lowest BCUT2D eigenvalue weighted by Gasteiger charge is -2.08. The quantitative estimate of drug-likeness (QED) is 0.919. The van der Waals surface area contributed by atoms with Crippen LogP contribution >= 0.6 is 23.2 Å². The van der Waals surface area contributed by atoms with E-state index in [1.165, 1.54) is 0 Å². The van der Waals surface area contributed by atoms with Crippen molar-refractivity contribution in [2.24, 2.45) is 0 Å². The van der Waals surface area contributed by atoms with E-state index in [0.717, 1.165) is 29.5 Å². The van der Waals surface area contributed by atoms with Gasteiger partial charge in [0.1, 0.15) is 0 Å². The maximum absolute atomic E-state index is 5.92. The van der Waals surface area contributed by atoms with Crippen LogP contribution in [-0.4, -0.2) is 16.3 Å². The summed E-state index contributed by atoms with van der Waals surface area (Å²) in [7, 11) is 0. The Labute approximate surface area is 110 Å². The van der Waals surface area contributed by atoms with Crippen molar-refractivity contribution in [3.8, 4) is 0 Å². The van der Waals surface area contributed by atoms with E-state index in [4.69, 9.17) is 23.2 Å². The Morgan fingerprint density at radius 3 is 2.53 bits per heavy atom. The molecule has 0 fully saturated rings. The summed E-state index contributed by atoms with van der Waals surface area (Å²) in [6.07, 6.45) is 1.67. The molecule has 1 aromatic heterocycles. The molecule has 0 amide bonds. The van der Waals surface area contributed by atoms with Crippen molar-refractivity contribution in [1.82, 2.24) is 9.78 Å². The maximum Gasteiger partial charge on any atom is 0.0814 e. The zero-order valence-electron chi connectivity index (χ0n) is 9.45. The maximum atomic E-state index is 5.92. The van der Waals surface area contributed by atoms with E-state index in [9.17, 15) is 0 Å². The number of nitrogens with one attached hydrogen (secondary N) is 1. The van der Waals surface area contributed by atoms with Crippen LogP contribution in [0.5, 0.6) is 0 Å². The molecule has 17 heavy (non-hydrogen) atoms. The third-order valence-corrected chi connectivity index (χ3v) is 3.16. The predicted octanol–water partition coefficient (Wildman–Crippen LogP) is 3.61. The van der Waals surface area contributed by atoms with Gasteiger partial charge in [-0.05, 0) is 31.2 Å². The number of nitrogens with zero attached hydrogens (tertiary/aromatic N) is 2. The molecule has 0 saturated carbocycles. The summed E-state index contributed by atoms with van der Waals surface area (Å²) >= 11 is 11.7. The van der Waals surface area contributed by atoms with Crippen molar-refractivity contribution in [1.29, 1.82) is 0 Å². The first-order valence-corrected chi connectivity index (χ1v) is 6.10. The molecule has 0 atom stereocenters. The number of halogens is 2. The molecule has 0 aliphatic heterocycles. The van der Waals surface area contributed by atoms with E-state index >= 15 is 0 Å². The number of aromatic nitrogens is 2. The minimum Gasteiger partial charge on any atom is -0.383 e. The summed E-state index contributed by atoms with van der Waals surface area (Å²) in [4.78, 5) is 0. The lowest BCUT2D eigenvalue weighted by Crippen LogP contribution is -2.12. The van der Waals surface area contributed by atoms with Crippen LogP contribution in [0, 0.1) is 6.92 Å². The van der Waals surface area contributed by atoms with E-state index in [2.05, 4.69) is 10.4 Å². The summed E-state index contributed by atoms with van der Waals surface area (Å²) in [5.74, 6) is 0. The SMILES string of the molecule is Cc1c(Cl)cnn1CCNc1ccc(Cl)cc1. The third kappa shape index (κ3) is 3.14. The molecular formula is C12H13Cl2N3. The average molecular weight is 270 g/mol. The van der Waals surface area contributed by atoms with E-state index in [1.54, 1.807) is 6.20 Å². The first-order chi connectivity index (χ1) is 8.16. The molecule has 2 aromatic rings. The van der Waals surface area contributed by atoms with Gasteiger partial charge in [0.05, 0.1) is 23.5 Å². The van der Waals surface area contributed by atoms with Gasteiger partial charge in [-0.15, -0.1) is 0 Å². The highest BCUT2D eigenvalue weighted by molar-refractivity contribution is 6.31. The Bertz CT molecular complexity index is 491. The molecule has 0 unspecified atom stereocenters. The van der Waals surface area contributed by atoms with Gasteiger partial charge in [-0.2, -0.15) is 5.10 Å². The molecule has 0 saturated heterocycles. The highest BCUT2D eigenvalue weighted by Crippen LogP contribution is 2.14. The minimum atomic E-state index is 0.705. The van der Waals surface area contributed by atoms with Crippen LogP contribution in [0.25, 0.3) is 0 Å². The second-order valence-electron chi connectivity index (χ2n) is 3.73. The van der Waals surface area contributed by atoms with E-state index in [0.29, 0.717) is 5.02 Å². The molecule has 1 N–H and O–H groups in total. The Morgan fingerprint density at radius 1 is 1.24 bits per heavy atom. The minimum absolute atomic E-state index is 0.705. The van der Waals surface area contributed by atoms with Crippen molar-refractivity contribution in [2.75, 3.05) is 11.9 Å². The smallest absolute Gasteiger partial charge is 0.0814 e.